The van der Waals surface area contributed by atoms with Crippen LogP contribution in [0.4, 0.5) is 33.7 Å². The summed E-state index contributed by atoms with van der Waals surface area (Å²) in [5, 5.41) is 1.63. The molecule has 0 unspecified atom stereocenters. The van der Waals surface area contributed by atoms with Crippen molar-refractivity contribution in [2.24, 2.45) is 0 Å². The van der Waals surface area contributed by atoms with E-state index in [4.69, 9.17) is 16.3 Å². The van der Waals surface area contributed by atoms with Gasteiger partial charge < -0.3 is 9.47 Å². The largest absolute Gasteiger partial charge is 0.485 e. The molecule has 3 rings (SSSR count). The zero-order valence-electron chi connectivity index (χ0n) is 21.2. The smallest absolute Gasteiger partial charge is 0.427 e. The second-order valence-corrected chi connectivity index (χ2v) is 12.8. The Balaban J connectivity index is 1.97. The van der Waals surface area contributed by atoms with Crippen LogP contribution in [0.2, 0.25) is 5.02 Å². The number of hydrogen-bond donors (Lipinski definition) is 3. The number of carbonyl (C=O) groups is 1. The van der Waals surface area contributed by atoms with Crippen LogP contribution in [0.3, 0.4) is 0 Å². The van der Waals surface area contributed by atoms with Gasteiger partial charge in [-0.15, -0.1) is 0 Å². The van der Waals surface area contributed by atoms with Gasteiger partial charge in [-0.2, -0.15) is 26.3 Å². The summed E-state index contributed by atoms with van der Waals surface area (Å²) in [4.78, 5) is 11.8. The molecule has 0 spiro atoms. The van der Waals surface area contributed by atoms with Gasteiger partial charge in [0.2, 0.25) is 5.60 Å². The van der Waals surface area contributed by atoms with Crippen LogP contribution in [-0.4, -0.2) is 60.4 Å². The quantitative estimate of drug-likeness (QED) is 0.357. The Morgan fingerprint density at radius 3 is 2.40 bits per heavy atom. The lowest BCUT2D eigenvalue weighted by molar-refractivity contribution is -0.242. The molecule has 0 saturated heterocycles. The minimum atomic E-state index is -4.86. The van der Waals surface area contributed by atoms with E-state index in [2.05, 4.69) is 19.5 Å². The van der Waals surface area contributed by atoms with Gasteiger partial charge in [-0.1, -0.05) is 18.5 Å². The summed E-state index contributed by atoms with van der Waals surface area (Å²) in [6, 6.07) is 6.24. The molecule has 1 heterocycles. The molecule has 0 aliphatic carbocycles. The van der Waals surface area contributed by atoms with Crippen LogP contribution in [-0.2, 0) is 25.0 Å². The third-order valence-corrected chi connectivity index (χ3v) is 8.76. The summed E-state index contributed by atoms with van der Waals surface area (Å²) >= 11 is 5.78. The Labute approximate surface area is 233 Å². The highest BCUT2D eigenvalue weighted by Gasteiger charge is 2.51. The Kier molecular flexibility index (Phi) is 9.15. The Morgan fingerprint density at radius 1 is 1.12 bits per heavy atom. The van der Waals surface area contributed by atoms with Gasteiger partial charge in [0, 0.05) is 12.2 Å². The number of alkyl halides is 3. The fourth-order valence-electron chi connectivity index (χ4n) is 3.36. The summed E-state index contributed by atoms with van der Waals surface area (Å²) in [5.41, 5.74) is -3.12. The minimum Gasteiger partial charge on any atom is -0.485 e. The Morgan fingerprint density at radius 2 is 1.80 bits per heavy atom. The first-order chi connectivity index (χ1) is 18.4. The fraction of sp³-hybridized carbons (Fsp3) is 0.409. The van der Waals surface area contributed by atoms with Crippen LogP contribution in [0, 0.1) is 5.82 Å². The summed E-state index contributed by atoms with van der Waals surface area (Å²) in [7, 11) is -8.41. The van der Waals surface area contributed by atoms with Crippen LogP contribution >= 0.6 is 11.6 Å². The van der Waals surface area contributed by atoms with Crippen LogP contribution in [0.25, 0.3) is 0 Å². The molecule has 0 radical (unpaired) electrons. The maximum atomic E-state index is 13.7. The maximum absolute atomic E-state index is 13.7. The zero-order chi connectivity index (χ0) is 30.1. The molecule has 1 amide bonds. The number of anilines is 2. The van der Waals surface area contributed by atoms with Gasteiger partial charge in [-0.25, -0.2) is 22.3 Å². The van der Waals surface area contributed by atoms with Crippen LogP contribution < -0.4 is 23.8 Å². The highest BCUT2D eigenvalue weighted by molar-refractivity contribution is 7.92. The van der Waals surface area contributed by atoms with Crippen molar-refractivity contribution in [1.82, 2.24) is 9.44 Å². The molecule has 1 aliphatic heterocycles. The lowest BCUT2D eigenvalue weighted by Gasteiger charge is -2.36. The Bertz CT molecular complexity index is 1490. The molecule has 0 fully saturated rings. The minimum absolute atomic E-state index is 0.0646. The summed E-state index contributed by atoms with van der Waals surface area (Å²) in [5.74, 6) is -0.935. The summed E-state index contributed by atoms with van der Waals surface area (Å²) in [6.07, 6.45) is -7.38. The van der Waals surface area contributed by atoms with E-state index in [0.29, 0.717) is 13.8 Å². The number of nitrogens with zero attached hydrogens (tertiary/aromatic N) is 1. The lowest BCUT2D eigenvalue weighted by atomic mass is 10.1. The third kappa shape index (κ3) is 7.25. The van der Waals surface area contributed by atoms with Gasteiger partial charge in [0.1, 0.15) is 17.7 Å². The van der Waals surface area contributed by atoms with Crippen LogP contribution in [0.15, 0.2) is 41.3 Å². The van der Waals surface area contributed by atoms with Crippen molar-refractivity contribution in [2.75, 3.05) is 29.3 Å². The van der Waals surface area contributed by atoms with E-state index in [0.717, 1.165) is 28.6 Å². The van der Waals surface area contributed by atoms with Gasteiger partial charge >= 0.3 is 12.3 Å². The number of sulfonamides is 1. The average molecular weight is 633 g/mol. The highest BCUT2D eigenvalue weighted by atomic mass is 35.5. The third-order valence-electron chi connectivity index (χ3n) is 5.48. The molecule has 40 heavy (non-hydrogen) atoms. The molecule has 222 valence electrons. The fourth-order valence-corrected chi connectivity index (χ4v) is 6.02. The van der Waals surface area contributed by atoms with Crippen molar-refractivity contribution in [3.05, 3.63) is 47.2 Å². The Hall–Kier alpha value is -2.86. The average Bonchev–Trinajstić information content (AvgIpc) is 2.82. The number of ether oxygens (including phenoxy) is 2. The van der Waals surface area contributed by atoms with Gasteiger partial charge in [0.25, 0.3) is 20.2 Å². The van der Waals surface area contributed by atoms with Crippen LogP contribution in [0.1, 0.15) is 20.8 Å². The topological polar surface area (TPSA) is 143 Å². The van der Waals surface area contributed by atoms with Crippen molar-refractivity contribution >= 4 is 49.3 Å². The van der Waals surface area contributed by atoms with Crippen molar-refractivity contribution in [2.45, 2.75) is 43.5 Å². The van der Waals surface area contributed by atoms with Crippen LogP contribution in [0.5, 0.6) is 5.75 Å². The number of hydrogen-bond acceptors (Lipinski definition) is 7. The first-order valence-electron chi connectivity index (χ1n) is 11.5. The van der Waals surface area contributed by atoms with E-state index < -0.39 is 66.5 Å². The van der Waals surface area contributed by atoms with Gasteiger partial charge in [0.05, 0.1) is 28.7 Å². The highest BCUT2D eigenvalue weighted by Crippen LogP contribution is 2.40. The molecule has 18 heteroatoms. The second-order valence-electron chi connectivity index (χ2n) is 8.91. The molecule has 0 bridgehead atoms. The van der Waals surface area contributed by atoms with E-state index in [1.54, 1.807) is 6.92 Å². The predicted molar refractivity (Wildman–Crippen MR) is 138 cm³/mol. The molecule has 11 nitrogen and oxygen atoms in total. The number of fused-ring (bicyclic) bond motifs is 1. The van der Waals surface area contributed by atoms with E-state index in [1.165, 1.54) is 12.1 Å². The normalized spacial score (nSPS) is 16.2. The molecule has 1 aliphatic rings. The number of benzene rings is 2. The summed E-state index contributed by atoms with van der Waals surface area (Å²) < 4.78 is 120. The van der Waals surface area contributed by atoms with Gasteiger partial charge in [-0.3, -0.25) is 9.62 Å². The molecule has 2 aromatic carbocycles. The van der Waals surface area contributed by atoms with Crippen molar-refractivity contribution in [3.63, 3.8) is 0 Å². The van der Waals surface area contributed by atoms with Crippen molar-refractivity contribution < 1.29 is 48.7 Å². The zero-order valence-corrected chi connectivity index (χ0v) is 23.6. The number of nitrogens with one attached hydrogen (secondary N) is 3. The van der Waals surface area contributed by atoms with Gasteiger partial charge in [0.15, 0.2) is 0 Å². The first-order valence-corrected chi connectivity index (χ1v) is 14.8. The monoisotopic (exact) mass is 632 g/mol. The molecule has 1 atom stereocenters. The molecule has 0 saturated carbocycles. The van der Waals surface area contributed by atoms with E-state index >= 15 is 0 Å². The van der Waals surface area contributed by atoms with Crippen molar-refractivity contribution in [3.8, 4) is 5.75 Å². The van der Waals surface area contributed by atoms with E-state index in [1.807, 2.05) is 0 Å². The molecule has 3 N–H and O–H groups in total. The standard InChI is InChI=1S/C22H25ClF4N4O7S2/c1-4-28-40(35,36)29-11-14-12-31(39(33,34)15-6-7-17(24)16(23)10-15)18-9-13(5-8-19(18)37-14)30-20(32)38-21(2,3)22(25,26)27/h5-10,14,28-29H,4,11-12H2,1-3H3,(H,30,32)/t14-/m0/s1. The number of rotatable bonds is 9. The van der Waals surface area contributed by atoms with Crippen molar-refractivity contribution in [1.29, 1.82) is 0 Å². The predicted octanol–water partition coefficient (Wildman–Crippen LogP) is 3.77. The second kappa shape index (κ2) is 11.6. The molecular formula is C22H25ClF4N4O7S2. The molecular weight excluding hydrogens is 608 g/mol. The SMILES string of the molecule is CCNS(=O)(=O)NC[C@H]1CN(S(=O)(=O)c2ccc(F)c(Cl)c2)c2cc(NC(=O)OC(C)(C)C(F)(F)F)ccc2O1. The maximum Gasteiger partial charge on any atom is 0.427 e. The number of carbonyl (C=O) groups excluding carboxylic acids is 1. The molecule has 0 aromatic heterocycles. The summed E-state index contributed by atoms with van der Waals surface area (Å²) in [6.45, 7) is 2.14. The lowest BCUT2D eigenvalue weighted by Crippen LogP contribution is -2.50. The number of halogens is 5. The van der Waals surface area contributed by atoms with Gasteiger partial charge in [-0.05, 0) is 50.2 Å². The van der Waals surface area contributed by atoms with E-state index in [-0.39, 0.29) is 30.2 Å². The van der Waals surface area contributed by atoms with E-state index in [9.17, 15) is 39.2 Å². The molecule has 2 aromatic rings. The number of amides is 1. The first kappa shape index (κ1) is 31.7.